The molecule has 0 aromatic rings. The molecule has 34 heavy (non-hydrogen) atoms. The molecule has 0 N–H and O–H groups in total. The normalized spacial score (nSPS) is 13.2. The highest BCUT2D eigenvalue weighted by Crippen LogP contribution is 2.05. The molecule has 13 heteroatoms. The van der Waals surface area contributed by atoms with Gasteiger partial charge in [-0.25, -0.2) is 0 Å². The maximum atomic E-state index is 5.79. The quantitative estimate of drug-likeness (QED) is 0.0790. The van der Waals surface area contributed by atoms with Crippen molar-refractivity contribution < 1.29 is 41.7 Å². The first-order chi connectivity index (χ1) is 16.6. The molecule has 0 aliphatic rings. The Bertz CT molecular complexity index is 351. The first-order valence-electron chi connectivity index (χ1n) is 12.3. The predicted molar refractivity (Wildman–Crippen MR) is 142 cm³/mol. The predicted octanol–water partition coefficient (Wildman–Crippen LogP) is -0.128. The maximum absolute atomic E-state index is 5.79. The van der Waals surface area contributed by atoms with Crippen LogP contribution in [0.5, 0.6) is 0 Å². The topological polar surface area (TPSA) is 86.3 Å². The van der Waals surface area contributed by atoms with E-state index in [0.29, 0.717) is 19.8 Å². The van der Waals surface area contributed by atoms with E-state index in [9.17, 15) is 0 Å². The van der Waals surface area contributed by atoms with Crippen LogP contribution in [0.3, 0.4) is 0 Å². The van der Waals surface area contributed by atoms with Crippen molar-refractivity contribution in [2.45, 2.75) is 56.3 Å². The van der Waals surface area contributed by atoms with E-state index < -0.39 is 29.3 Å². The van der Waals surface area contributed by atoms with Crippen molar-refractivity contribution in [1.29, 1.82) is 0 Å². The number of ether oxygens (including phenoxy) is 6. The minimum atomic E-state index is -0.540. The first kappa shape index (κ1) is 34.3. The molecule has 0 aliphatic carbocycles. The lowest BCUT2D eigenvalue weighted by atomic mass is 10.3. The van der Waals surface area contributed by atoms with Crippen molar-refractivity contribution in [2.75, 3.05) is 82.1 Å². The van der Waals surface area contributed by atoms with E-state index in [1.54, 1.807) is 42.7 Å². The van der Waals surface area contributed by atoms with Crippen molar-refractivity contribution in [1.82, 2.24) is 4.90 Å². The van der Waals surface area contributed by atoms with Gasteiger partial charge in [-0.05, 0) is 57.0 Å². The Morgan fingerprint density at radius 3 is 0.971 bits per heavy atom. The molecule has 0 atom stereocenters. The van der Waals surface area contributed by atoms with Crippen LogP contribution in [0.2, 0.25) is 18.1 Å². The summed E-state index contributed by atoms with van der Waals surface area (Å²) in [6, 6.07) is 3.49. The molecule has 0 unspecified atom stereocenters. The van der Waals surface area contributed by atoms with Crippen LogP contribution in [-0.2, 0) is 41.7 Å². The fraction of sp³-hybridized carbons (Fsp3) is 1.00. The second-order valence-corrected chi connectivity index (χ2v) is 12.5. The molecule has 0 spiro atoms. The third kappa shape index (κ3) is 20.4. The Balaban J connectivity index is 4.10. The van der Waals surface area contributed by atoms with Gasteiger partial charge >= 0.3 is 0 Å². The second kappa shape index (κ2) is 26.3. The Morgan fingerprint density at radius 1 is 0.471 bits per heavy atom. The van der Waals surface area contributed by atoms with Crippen LogP contribution in [0.25, 0.3) is 0 Å². The third-order valence-corrected chi connectivity index (χ3v) is 9.32. The minimum absolute atomic E-state index is 0.257. The smallest absolute Gasteiger partial charge is 0.178 e. The standard InChI is InChI=1S/C21H51NO9Si3/c1-23-19(24-2)16-29-32-13-7-10-22(11-8-14-33-30-17-20(25-3)26-4)12-9-15-34-31-18-21(27-5)28-6/h19-21H,7-18,32-34H2,1-6H3. The third-order valence-electron chi connectivity index (χ3n) is 5.38. The van der Waals surface area contributed by atoms with Crippen molar-refractivity contribution in [2.24, 2.45) is 0 Å². The maximum Gasteiger partial charge on any atom is 0.178 e. The molecule has 206 valence electrons. The van der Waals surface area contributed by atoms with Gasteiger partial charge in [0.25, 0.3) is 0 Å². The molecular weight excluding hydrogens is 494 g/mol. The molecule has 0 heterocycles. The largest absolute Gasteiger partial charge is 0.419 e. The van der Waals surface area contributed by atoms with Crippen LogP contribution in [0.15, 0.2) is 0 Å². The van der Waals surface area contributed by atoms with E-state index >= 15 is 0 Å². The number of hydrogen-bond acceptors (Lipinski definition) is 10. The molecule has 0 amide bonds. The van der Waals surface area contributed by atoms with Gasteiger partial charge in [-0.15, -0.1) is 0 Å². The summed E-state index contributed by atoms with van der Waals surface area (Å²) in [4.78, 5) is 2.59. The number of hydrogen-bond donors (Lipinski definition) is 0. The molecule has 0 rings (SSSR count). The van der Waals surface area contributed by atoms with Crippen LogP contribution in [0.4, 0.5) is 0 Å². The molecule has 0 aromatic heterocycles. The summed E-state index contributed by atoms with van der Waals surface area (Å²) in [6.45, 7) is 4.92. The zero-order valence-electron chi connectivity index (χ0n) is 22.5. The van der Waals surface area contributed by atoms with E-state index in [2.05, 4.69) is 4.90 Å². The lowest BCUT2D eigenvalue weighted by molar-refractivity contribution is -0.122. The van der Waals surface area contributed by atoms with E-state index in [1.165, 1.54) is 19.3 Å². The summed E-state index contributed by atoms with van der Waals surface area (Å²) in [5.74, 6) is 0. The van der Waals surface area contributed by atoms with Crippen molar-refractivity contribution in [3.8, 4) is 0 Å². The average molecular weight is 546 g/mol. The zero-order valence-corrected chi connectivity index (χ0v) is 26.7. The minimum Gasteiger partial charge on any atom is -0.419 e. The van der Waals surface area contributed by atoms with Crippen molar-refractivity contribution in [3.63, 3.8) is 0 Å². The SMILES string of the molecule is COC(CO[SiH2]CCCN(CCC[SiH2]OCC(OC)OC)CCC[SiH2]OCC(OC)OC)OC. The molecule has 0 saturated heterocycles. The summed E-state index contributed by atoms with van der Waals surface area (Å²) in [7, 11) is 8.21. The van der Waals surface area contributed by atoms with Crippen LogP contribution in [0.1, 0.15) is 19.3 Å². The highest BCUT2D eigenvalue weighted by Gasteiger charge is 2.09. The zero-order chi connectivity index (χ0) is 25.3. The summed E-state index contributed by atoms with van der Waals surface area (Å²) < 4.78 is 48.4. The fourth-order valence-corrected chi connectivity index (χ4v) is 6.16. The molecule has 0 saturated carbocycles. The van der Waals surface area contributed by atoms with Crippen LogP contribution in [0, 0.1) is 0 Å². The van der Waals surface area contributed by atoms with Gasteiger partial charge in [0.1, 0.15) is 0 Å². The highest BCUT2D eigenvalue weighted by atomic mass is 28.2. The molecular formula is C21H51NO9Si3. The van der Waals surface area contributed by atoms with Crippen molar-refractivity contribution in [3.05, 3.63) is 0 Å². The molecule has 10 nitrogen and oxygen atoms in total. The highest BCUT2D eigenvalue weighted by molar-refractivity contribution is 6.27. The van der Waals surface area contributed by atoms with Gasteiger partial charge < -0.3 is 46.6 Å². The van der Waals surface area contributed by atoms with E-state index in [-0.39, 0.29) is 18.9 Å². The Labute approximate surface area is 214 Å². The molecule has 0 radical (unpaired) electrons. The second-order valence-electron chi connectivity index (χ2n) is 7.89. The Morgan fingerprint density at radius 2 is 0.735 bits per heavy atom. The first-order valence-corrected chi connectivity index (χ1v) is 17.0. The van der Waals surface area contributed by atoms with Gasteiger partial charge in [0.15, 0.2) is 48.2 Å². The van der Waals surface area contributed by atoms with Gasteiger partial charge in [0, 0.05) is 42.7 Å². The van der Waals surface area contributed by atoms with Crippen molar-refractivity contribution >= 4 is 29.3 Å². The lowest BCUT2D eigenvalue weighted by Crippen LogP contribution is -2.28. The number of methoxy groups -OCH3 is 6. The van der Waals surface area contributed by atoms with Crippen LogP contribution >= 0.6 is 0 Å². The van der Waals surface area contributed by atoms with E-state index in [0.717, 1.165) is 37.8 Å². The number of rotatable bonds is 27. The van der Waals surface area contributed by atoms with Gasteiger partial charge in [0.05, 0.1) is 19.8 Å². The summed E-state index contributed by atoms with van der Waals surface area (Å²) in [5.41, 5.74) is 0. The molecule has 0 aromatic carbocycles. The number of nitrogens with zero attached hydrogens (tertiary/aromatic N) is 1. The summed E-state index contributed by atoms with van der Waals surface area (Å²) in [5, 5.41) is 0. The fourth-order valence-electron chi connectivity index (χ4n) is 3.19. The van der Waals surface area contributed by atoms with Crippen LogP contribution < -0.4 is 0 Å². The molecule has 0 bridgehead atoms. The van der Waals surface area contributed by atoms with Gasteiger partial charge in [-0.1, -0.05) is 0 Å². The van der Waals surface area contributed by atoms with E-state index in [1.807, 2.05) is 0 Å². The average Bonchev–Trinajstić information content (AvgIpc) is 2.87. The molecule has 0 fully saturated rings. The summed E-state index contributed by atoms with van der Waals surface area (Å²) in [6.07, 6.45) is 2.75. The lowest BCUT2D eigenvalue weighted by Gasteiger charge is -2.22. The summed E-state index contributed by atoms with van der Waals surface area (Å²) >= 11 is 0. The van der Waals surface area contributed by atoms with E-state index in [4.69, 9.17) is 41.7 Å². The Kier molecular flexibility index (Phi) is 26.5. The monoisotopic (exact) mass is 545 g/mol. The van der Waals surface area contributed by atoms with Gasteiger partial charge in [-0.3, -0.25) is 0 Å². The van der Waals surface area contributed by atoms with Crippen LogP contribution in [-0.4, -0.2) is 135 Å². The molecule has 0 aliphatic heterocycles. The van der Waals surface area contributed by atoms with Gasteiger partial charge in [0.2, 0.25) is 0 Å². The Hall–Kier alpha value is 0.251. The van der Waals surface area contributed by atoms with Gasteiger partial charge in [-0.2, -0.15) is 0 Å².